The molecule has 3 N–H and O–H groups in total. The van der Waals surface area contributed by atoms with Gasteiger partial charge in [-0.15, -0.1) is 0 Å². The van der Waals surface area contributed by atoms with Gasteiger partial charge in [0.05, 0.1) is 11.2 Å². The van der Waals surface area contributed by atoms with Gasteiger partial charge in [0.1, 0.15) is 0 Å². The fourth-order valence-electron chi connectivity index (χ4n) is 4.84. The molecule has 0 saturated carbocycles. The van der Waals surface area contributed by atoms with Crippen LogP contribution in [0.1, 0.15) is 70.1 Å². The second-order valence-corrected chi connectivity index (χ2v) is 9.28. The molecule has 0 spiro atoms. The summed E-state index contributed by atoms with van der Waals surface area (Å²) in [5.74, 6) is 0.984. The molecule has 1 aromatic heterocycles. The molecule has 0 radical (unpaired) electrons. The van der Waals surface area contributed by atoms with Crippen LogP contribution in [0, 0.1) is 5.92 Å². The van der Waals surface area contributed by atoms with Crippen molar-refractivity contribution in [3.05, 3.63) is 60.2 Å². The summed E-state index contributed by atoms with van der Waals surface area (Å²) in [6.07, 6.45) is 6.64. The SMILES string of the molecule is C=C1CCC(c2nn(C)c3c(CC)c(NC(=C)CNCCC(C)CCC)ccc23)C(=C)N1. The fraction of sp³-hybridized carbons (Fsp3) is 0.519. The van der Waals surface area contributed by atoms with E-state index >= 15 is 0 Å². The molecule has 0 aliphatic carbocycles. The van der Waals surface area contributed by atoms with Gasteiger partial charge in [-0.25, -0.2) is 0 Å². The lowest BCUT2D eigenvalue weighted by Crippen LogP contribution is -2.23. The monoisotopic (exact) mass is 435 g/mol. The van der Waals surface area contributed by atoms with Gasteiger partial charge >= 0.3 is 0 Å². The number of rotatable bonds is 11. The van der Waals surface area contributed by atoms with E-state index in [0.717, 1.165) is 66.7 Å². The van der Waals surface area contributed by atoms with Gasteiger partial charge in [0.15, 0.2) is 0 Å². The van der Waals surface area contributed by atoms with Crippen molar-refractivity contribution in [2.45, 2.75) is 65.2 Å². The van der Waals surface area contributed by atoms with Crippen LogP contribution in [-0.4, -0.2) is 22.9 Å². The standard InChI is InChI=1S/C27H41N5/c1-8-10-18(3)15-16-28-17-20(5)30-25-14-13-24-26(23-12-11-19(4)29-21(23)6)31-32(7)27(24)22(25)9-2/h13-14,18,23,28-30H,4-6,8-12,15-17H2,1-3,7H3. The van der Waals surface area contributed by atoms with E-state index in [2.05, 4.69) is 68.6 Å². The van der Waals surface area contributed by atoms with Gasteiger partial charge in [0.2, 0.25) is 0 Å². The van der Waals surface area contributed by atoms with E-state index < -0.39 is 0 Å². The van der Waals surface area contributed by atoms with E-state index in [9.17, 15) is 0 Å². The average Bonchev–Trinajstić information content (AvgIpc) is 3.08. The van der Waals surface area contributed by atoms with Crippen LogP contribution in [0.5, 0.6) is 0 Å². The van der Waals surface area contributed by atoms with Crippen LogP contribution in [0.15, 0.2) is 49.0 Å². The molecule has 0 amide bonds. The smallest absolute Gasteiger partial charge is 0.0792 e. The molecule has 174 valence electrons. The maximum atomic E-state index is 4.93. The molecular formula is C27H41N5. The first-order valence-electron chi connectivity index (χ1n) is 12.1. The predicted octanol–water partition coefficient (Wildman–Crippen LogP) is 5.97. The van der Waals surface area contributed by atoms with Crippen molar-refractivity contribution in [2.24, 2.45) is 13.0 Å². The van der Waals surface area contributed by atoms with Crippen molar-refractivity contribution in [3.8, 4) is 0 Å². The lowest BCUT2D eigenvalue weighted by atomic mass is 9.89. The predicted molar refractivity (Wildman–Crippen MR) is 138 cm³/mol. The summed E-state index contributed by atoms with van der Waals surface area (Å²) in [6, 6.07) is 4.38. The first-order valence-corrected chi connectivity index (χ1v) is 12.1. The second kappa shape index (κ2) is 10.9. The molecule has 2 heterocycles. The van der Waals surface area contributed by atoms with E-state index in [4.69, 9.17) is 5.10 Å². The first-order chi connectivity index (χ1) is 15.3. The highest BCUT2D eigenvalue weighted by molar-refractivity contribution is 5.90. The summed E-state index contributed by atoms with van der Waals surface area (Å²) in [5, 5.41) is 16.6. The van der Waals surface area contributed by atoms with E-state index in [0.29, 0.717) is 0 Å². The minimum atomic E-state index is 0.210. The van der Waals surface area contributed by atoms with Crippen LogP contribution in [0.2, 0.25) is 0 Å². The fourth-order valence-corrected chi connectivity index (χ4v) is 4.84. The summed E-state index contributed by atoms with van der Waals surface area (Å²) in [4.78, 5) is 0. The Balaban J connectivity index is 1.74. The third kappa shape index (κ3) is 5.44. The molecule has 2 unspecified atom stereocenters. The third-order valence-electron chi connectivity index (χ3n) is 6.56. The molecule has 3 rings (SSSR count). The number of nitrogens with zero attached hydrogens (tertiary/aromatic N) is 2. The van der Waals surface area contributed by atoms with Gasteiger partial charge < -0.3 is 16.0 Å². The summed E-state index contributed by atoms with van der Waals surface area (Å²) in [6.45, 7) is 21.1. The van der Waals surface area contributed by atoms with Crippen LogP contribution in [0.25, 0.3) is 10.9 Å². The van der Waals surface area contributed by atoms with Crippen LogP contribution >= 0.6 is 0 Å². The highest BCUT2D eigenvalue weighted by Crippen LogP contribution is 2.38. The average molecular weight is 436 g/mol. The molecular weight excluding hydrogens is 394 g/mol. The number of nitrogens with one attached hydrogen (secondary N) is 3. The Bertz CT molecular complexity index is 984. The summed E-state index contributed by atoms with van der Waals surface area (Å²) in [7, 11) is 2.04. The topological polar surface area (TPSA) is 53.9 Å². The molecule has 2 aromatic rings. The number of fused-ring (bicyclic) bond motifs is 1. The Kier molecular flexibility index (Phi) is 8.19. The van der Waals surface area contributed by atoms with E-state index in [1.165, 1.54) is 35.7 Å². The minimum Gasteiger partial charge on any atom is -0.363 e. The number of hydrogen-bond acceptors (Lipinski definition) is 4. The van der Waals surface area contributed by atoms with E-state index in [1.54, 1.807) is 0 Å². The Labute approximate surface area is 194 Å². The zero-order valence-electron chi connectivity index (χ0n) is 20.5. The van der Waals surface area contributed by atoms with Crippen molar-refractivity contribution in [2.75, 3.05) is 18.4 Å². The van der Waals surface area contributed by atoms with Gasteiger partial charge in [0.25, 0.3) is 0 Å². The Morgan fingerprint density at radius 1 is 1.28 bits per heavy atom. The van der Waals surface area contributed by atoms with Crippen molar-refractivity contribution < 1.29 is 0 Å². The molecule has 0 bridgehead atoms. The van der Waals surface area contributed by atoms with Gasteiger partial charge in [-0.2, -0.15) is 5.10 Å². The summed E-state index contributed by atoms with van der Waals surface area (Å²) in [5.41, 5.74) is 7.73. The third-order valence-corrected chi connectivity index (χ3v) is 6.56. The quantitative estimate of drug-likeness (QED) is 0.381. The number of aromatic nitrogens is 2. The number of anilines is 1. The number of allylic oxidation sites excluding steroid dienone is 2. The number of benzene rings is 1. The number of aryl methyl sites for hydroxylation is 2. The van der Waals surface area contributed by atoms with Gasteiger partial charge in [-0.3, -0.25) is 4.68 Å². The zero-order valence-corrected chi connectivity index (χ0v) is 20.5. The maximum Gasteiger partial charge on any atom is 0.0792 e. The number of piperidine rings is 1. The zero-order chi connectivity index (χ0) is 23.3. The molecule has 1 fully saturated rings. The highest BCUT2D eigenvalue weighted by atomic mass is 15.3. The molecule has 1 aliphatic heterocycles. The first kappa shape index (κ1) is 24.1. The molecule has 32 heavy (non-hydrogen) atoms. The highest BCUT2D eigenvalue weighted by Gasteiger charge is 2.26. The second-order valence-electron chi connectivity index (χ2n) is 9.28. The summed E-state index contributed by atoms with van der Waals surface area (Å²) < 4.78 is 2.03. The van der Waals surface area contributed by atoms with Crippen LogP contribution < -0.4 is 16.0 Å². The molecule has 5 heteroatoms. The van der Waals surface area contributed by atoms with Crippen molar-refractivity contribution in [1.82, 2.24) is 20.4 Å². The van der Waals surface area contributed by atoms with Crippen LogP contribution in [0.4, 0.5) is 5.69 Å². The Morgan fingerprint density at radius 2 is 2.06 bits per heavy atom. The van der Waals surface area contributed by atoms with Gasteiger partial charge in [0, 0.05) is 53.2 Å². The maximum absolute atomic E-state index is 4.93. The van der Waals surface area contributed by atoms with Gasteiger partial charge in [-0.1, -0.05) is 53.3 Å². The minimum absolute atomic E-state index is 0.210. The van der Waals surface area contributed by atoms with Gasteiger partial charge in [-0.05, 0) is 50.3 Å². The lowest BCUT2D eigenvalue weighted by molar-refractivity contribution is 0.470. The molecule has 1 saturated heterocycles. The Morgan fingerprint density at radius 3 is 2.75 bits per heavy atom. The molecule has 1 aromatic carbocycles. The largest absolute Gasteiger partial charge is 0.363 e. The number of hydrogen-bond donors (Lipinski definition) is 3. The van der Waals surface area contributed by atoms with E-state index in [-0.39, 0.29) is 5.92 Å². The lowest BCUT2D eigenvalue weighted by Gasteiger charge is -2.26. The molecule has 5 nitrogen and oxygen atoms in total. The van der Waals surface area contributed by atoms with Crippen LogP contribution in [-0.2, 0) is 13.5 Å². The van der Waals surface area contributed by atoms with E-state index in [1.807, 2.05) is 11.7 Å². The normalized spacial score (nSPS) is 17.4. The van der Waals surface area contributed by atoms with Crippen molar-refractivity contribution in [3.63, 3.8) is 0 Å². The van der Waals surface area contributed by atoms with Crippen LogP contribution in [0.3, 0.4) is 0 Å². The summed E-state index contributed by atoms with van der Waals surface area (Å²) >= 11 is 0. The Hall–Kier alpha value is -2.53. The van der Waals surface area contributed by atoms with Crippen molar-refractivity contribution in [1.29, 1.82) is 0 Å². The molecule has 2 atom stereocenters. The van der Waals surface area contributed by atoms with Crippen molar-refractivity contribution >= 4 is 16.6 Å². The molecule has 1 aliphatic rings.